The van der Waals surface area contributed by atoms with Gasteiger partial charge in [0.15, 0.2) is 11.0 Å². The molecule has 0 aliphatic rings. The topological polar surface area (TPSA) is 107 Å². The molecular formula is C21H25N5O4S2. The van der Waals surface area contributed by atoms with Crippen molar-refractivity contribution in [2.75, 3.05) is 32.6 Å². The summed E-state index contributed by atoms with van der Waals surface area (Å²) in [6.07, 6.45) is 0.678. The van der Waals surface area contributed by atoms with Crippen LogP contribution in [0.5, 0.6) is 5.75 Å². The lowest BCUT2D eigenvalue weighted by Gasteiger charge is -2.13. The molecule has 2 aromatic heterocycles. The van der Waals surface area contributed by atoms with Gasteiger partial charge in [-0.1, -0.05) is 30.0 Å². The van der Waals surface area contributed by atoms with Crippen molar-refractivity contribution in [3.8, 4) is 22.1 Å². The van der Waals surface area contributed by atoms with Crippen LogP contribution < -0.4 is 15.4 Å². The largest absolute Gasteiger partial charge is 0.495 e. The fraction of sp³-hybridized carbons (Fsp3) is 0.333. The molecule has 0 unspecified atom stereocenters. The van der Waals surface area contributed by atoms with E-state index in [4.69, 9.17) is 9.47 Å². The zero-order valence-electron chi connectivity index (χ0n) is 17.9. The minimum absolute atomic E-state index is 0.00406. The number of nitrogens with one attached hydrogen (secondary N) is 2. The molecule has 0 saturated carbocycles. The van der Waals surface area contributed by atoms with Crippen LogP contribution in [0.3, 0.4) is 0 Å². The van der Waals surface area contributed by atoms with E-state index in [9.17, 15) is 9.59 Å². The van der Waals surface area contributed by atoms with E-state index in [0.29, 0.717) is 42.9 Å². The van der Waals surface area contributed by atoms with Gasteiger partial charge < -0.3 is 14.8 Å². The fourth-order valence-corrected chi connectivity index (χ4v) is 4.26. The van der Waals surface area contributed by atoms with Gasteiger partial charge in [-0.3, -0.25) is 14.7 Å². The van der Waals surface area contributed by atoms with E-state index in [1.54, 1.807) is 18.4 Å². The molecule has 0 spiro atoms. The summed E-state index contributed by atoms with van der Waals surface area (Å²) in [4.78, 5) is 25.1. The smallest absolute Gasteiger partial charge is 0.321 e. The molecule has 0 fully saturated rings. The lowest BCUT2D eigenvalue weighted by Crippen LogP contribution is -2.40. The van der Waals surface area contributed by atoms with Gasteiger partial charge in [-0.2, -0.15) is 0 Å². The number of hydrogen-bond acceptors (Lipinski definition) is 8. The molecule has 3 aromatic rings. The van der Waals surface area contributed by atoms with Crippen LogP contribution in [0.25, 0.3) is 16.4 Å². The molecule has 9 nitrogen and oxygen atoms in total. The zero-order valence-corrected chi connectivity index (χ0v) is 19.5. The Bertz CT molecular complexity index is 1020. The van der Waals surface area contributed by atoms with E-state index >= 15 is 0 Å². The Kier molecular flexibility index (Phi) is 9.08. The van der Waals surface area contributed by atoms with Gasteiger partial charge in [-0.25, -0.2) is 4.79 Å². The molecule has 0 radical (unpaired) electrons. The number of ether oxygens (including phenoxy) is 2. The summed E-state index contributed by atoms with van der Waals surface area (Å²) in [5.41, 5.74) is 0.762. The predicted molar refractivity (Wildman–Crippen MR) is 125 cm³/mol. The second-order valence-corrected chi connectivity index (χ2v) is 8.32. The summed E-state index contributed by atoms with van der Waals surface area (Å²) in [5.74, 6) is 0.885. The molecule has 11 heteroatoms. The van der Waals surface area contributed by atoms with Crippen molar-refractivity contribution in [3.05, 3.63) is 41.8 Å². The highest BCUT2D eigenvalue weighted by molar-refractivity contribution is 7.99. The Hall–Kier alpha value is -2.89. The van der Waals surface area contributed by atoms with Crippen LogP contribution in [-0.4, -0.2) is 59.3 Å². The van der Waals surface area contributed by atoms with Crippen LogP contribution in [0.2, 0.25) is 0 Å². The third kappa shape index (κ3) is 6.31. The van der Waals surface area contributed by atoms with Crippen molar-refractivity contribution in [2.45, 2.75) is 18.5 Å². The van der Waals surface area contributed by atoms with E-state index in [1.165, 1.54) is 11.8 Å². The number of thiophene rings is 1. The van der Waals surface area contributed by atoms with Gasteiger partial charge in [0.1, 0.15) is 5.75 Å². The first-order valence-corrected chi connectivity index (χ1v) is 11.9. The highest BCUT2D eigenvalue weighted by Crippen LogP contribution is 2.33. The number of aromatic nitrogens is 3. The average molecular weight is 476 g/mol. The number of thioether (sulfide) groups is 1. The molecule has 0 aliphatic carbocycles. The average Bonchev–Trinajstić information content (AvgIpc) is 3.47. The van der Waals surface area contributed by atoms with Crippen molar-refractivity contribution in [1.82, 2.24) is 25.4 Å². The van der Waals surface area contributed by atoms with E-state index in [2.05, 4.69) is 20.8 Å². The van der Waals surface area contributed by atoms with Gasteiger partial charge in [-0.05, 0) is 36.9 Å². The van der Waals surface area contributed by atoms with E-state index < -0.39 is 11.9 Å². The van der Waals surface area contributed by atoms with Crippen LogP contribution in [0.15, 0.2) is 46.9 Å². The number of methoxy groups -OCH3 is 1. The summed E-state index contributed by atoms with van der Waals surface area (Å²) >= 11 is 2.73. The summed E-state index contributed by atoms with van der Waals surface area (Å²) in [6, 6.07) is 10.9. The van der Waals surface area contributed by atoms with Crippen LogP contribution in [0, 0.1) is 0 Å². The summed E-state index contributed by atoms with van der Waals surface area (Å²) in [6.45, 7) is 3.54. The summed E-state index contributed by atoms with van der Waals surface area (Å²) in [5, 5.41) is 16.1. The Labute approximate surface area is 194 Å². The van der Waals surface area contributed by atoms with Gasteiger partial charge >= 0.3 is 6.03 Å². The van der Waals surface area contributed by atoms with Crippen LogP contribution in [0.1, 0.15) is 13.3 Å². The van der Waals surface area contributed by atoms with Gasteiger partial charge in [0.2, 0.25) is 5.91 Å². The van der Waals surface area contributed by atoms with Crippen LogP contribution in [0.4, 0.5) is 4.79 Å². The molecule has 0 bridgehead atoms. The third-order valence-electron chi connectivity index (χ3n) is 4.24. The Balaban J connectivity index is 1.68. The Morgan fingerprint density at radius 2 is 2.03 bits per heavy atom. The quantitative estimate of drug-likeness (QED) is 0.323. The standard InChI is InChI=1S/C21H25N5O4S2/c1-3-30-12-7-11-22-20(28)23-18(27)14-32-21-25-24-19(17-10-6-13-31-17)26(21)15-8-4-5-9-16(15)29-2/h4-6,8-10,13H,3,7,11-12,14H2,1-2H3,(H2,22,23,27,28). The minimum Gasteiger partial charge on any atom is -0.495 e. The molecular weight excluding hydrogens is 450 g/mol. The number of carbonyl (C=O) groups excluding carboxylic acids is 2. The number of imide groups is 1. The molecule has 2 heterocycles. The number of rotatable bonds is 11. The maximum absolute atomic E-state index is 12.3. The van der Waals surface area contributed by atoms with E-state index in [1.807, 2.05) is 53.3 Å². The molecule has 0 saturated heterocycles. The normalized spacial score (nSPS) is 10.7. The SMILES string of the molecule is CCOCCCNC(=O)NC(=O)CSc1nnc(-c2cccs2)n1-c1ccccc1OC. The van der Waals surface area contributed by atoms with Gasteiger partial charge in [-0.15, -0.1) is 21.5 Å². The molecule has 0 atom stereocenters. The second kappa shape index (κ2) is 12.2. The zero-order chi connectivity index (χ0) is 22.8. The fourth-order valence-electron chi connectivity index (χ4n) is 2.82. The number of urea groups is 1. The summed E-state index contributed by atoms with van der Waals surface area (Å²) < 4.78 is 12.6. The monoisotopic (exact) mass is 475 g/mol. The van der Waals surface area contributed by atoms with E-state index in [0.717, 1.165) is 10.6 Å². The highest BCUT2D eigenvalue weighted by atomic mass is 32.2. The molecule has 0 aliphatic heterocycles. The number of amides is 3. The molecule has 3 rings (SSSR count). The van der Waals surface area contributed by atoms with Gasteiger partial charge in [0, 0.05) is 19.8 Å². The predicted octanol–water partition coefficient (Wildman–Crippen LogP) is 3.35. The van der Waals surface area contributed by atoms with Gasteiger partial charge in [0.25, 0.3) is 0 Å². The van der Waals surface area contributed by atoms with Crippen molar-refractivity contribution in [3.63, 3.8) is 0 Å². The highest BCUT2D eigenvalue weighted by Gasteiger charge is 2.20. The number of para-hydroxylation sites is 2. The van der Waals surface area contributed by atoms with Crippen LogP contribution >= 0.6 is 23.1 Å². The number of hydrogen-bond donors (Lipinski definition) is 2. The third-order valence-corrected chi connectivity index (χ3v) is 6.04. The van der Waals surface area contributed by atoms with Crippen molar-refractivity contribution < 1.29 is 19.1 Å². The number of nitrogens with zero attached hydrogens (tertiary/aromatic N) is 3. The second-order valence-electron chi connectivity index (χ2n) is 6.43. The maximum atomic E-state index is 12.3. The van der Waals surface area contributed by atoms with Crippen molar-refractivity contribution in [1.29, 1.82) is 0 Å². The maximum Gasteiger partial charge on any atom is 0.321 e. The molecule has 2 N–H and O–H groups in total. The van der Waals surface area contributed by atoms with Crippen molar-refractivity contribution in [2.24, 2.45) is 0 Å². The van der Waals surface area contributed by atoms with E-state index in [-0.39, 0.29) is 5.75 Å². The lowest BCUT2D eigenvalue weighted by atomic mass is 10.3. The number of benzene rings is 1. The Morgan fingerprint density at radius 1 is 1.19 bits per heavy atom. The molecule has 3 amide bonds. The first kappa shape index (κ1) is 23.8. The number of carbonyl (C=O) groups is 2. The Morgan fingerprint density at radius 3 is 2.78 bits per heavy atom. The molecule has 32 heavy (non-hydrogen) atoms. The first-order chi connectivity index (χ1) is 15.6. The molecule has 1 aromatic carbocycles. The first-order valence-electron chi connectivity index (χ1n) is 10.0. The van der Waals surface area contributed by atoms with Gasteiger partial charge in [0.05, 0.1) is 23.4 Å². The van der Waals surface area contributed by atoms with Crippen LogP contribution in [-0.2, 0) is 9.53 Å². The van der Waals surface area contributed by atoms with Crippen molar-refractivity contribution >= 4 is 35.0 Å². The lowest BCUT2D eigenvalue weighted by molar-refractivity contribution is -0.117. The minimum atomic E-state index is -0.530. The molecule has 170 valence electrons. The summed E-state index contributed by atoms with van der Waals surface area (Å²) in [7, 11) is 1.60.